The Labute approximate surface area is 75.2 Å². The van der Waals surface area contributed by atoms with Crippen LogP contribution in [0.25, 0.3) is 0 Å². The minimum absolute atomic E-state index is 0.0185. The second-order valence-corrected chi connectivity index (χ2v) is 5.75. The van der Waals surface area contributed by atoms with Crippen molar-refractivity contribution >= 4 is 0 Å². The van der Waals surface area contributed by atoms with Gasteiger partial charge in [0.2, 0.25) is 0 Å². The zero-order valence-corrected chi connectivity index (χ0v) is 8.59. The summed E-state index contributed by atoms with van der Waals surface area (Å²) in [6, 6.07) is 0. The topological polar surface area (TPSA) is 20.2 Å². The summed E-state index contributed by atoms with van der Waals surface area (Å²) in [5.41, 5.74) is 0.712. The van der Waals surface area contributed by atoms with Gasteiger partial charge in [-0.05, 0) is 35.5 Å². The highest BCUT2D eigenvalue weighted by molar-refractivity contribution is 5.16. The third kappa shape index (κ3) is 0.891. The Morgan fingerprint density at radius 3 is 1.75 bits per heavy atom. The van der Waals surface area contributed by atoms with Crippen LogP contribution in [-0.2, 0) is 0 Å². The van der Waals surface area contributed by atoms with Gasteiger partial charge < -0.3 is 5.11 Å². The van der Waals surface area contributed by atoms with E-state index in [9.17, 15) is 5.11 Å². The van der Waals surface area contributed by atoms with Crippen molar-refractivity contribution in [1.29, 1.82) is 0 Å². The maximum absolute atomic E-state index is 10.00. The second-order valence-electron chi connectivity index (χ2n) is 5.75. The molecule has 0 bridgehead atoms. The molecule has 0 aromatic heterocycles. The van der Waals surface area contributed by atoms with Crippen LogP contribution in [0.1, 0.15) is 40.5 Å². The van der Waals surface area contributed by atoms with Gasteiger partial charge in [0.05, 0.1) is 6.10 Å². The lowest BCUT2D eigenvalue weighted by Crippen LogP contribution is -2.16. The summed E-state index contributed by atoms with van der Waals surface area (Å²) < 4.78 is 0. The molecule has 0 aromatic rings. The molecule has 0 saturated heterocycles. The first kappa shape index (κ1) is 8.55. The van der Waals surface area contributed by atoms with Gasteiger partial charge in [0.25, 0.3) is 0 Å². The van der Waals surface area contributed by atoms with E-state index < -0.39 is 0 Å². The highest BCUT2D eigenvalue weighted by Crippen LogP contribution is 2.71. The monoisotopic (exact) mass is 168 g/mol. The molecule has 12 heavy (non-hydrogen) atoms. The van der Waals surface area contributed by atoms with Crippen molar-refractivity contribution in [2.24, 2.45) is 22.7 Å². The summed E-state index contributed by atoms with van der Waals surface area (Å²) >= 11 is 0. The SMILES string of the molecule is CC1(C)C(C(O)C2CC2)C1(C)C. The second kappa shape index (κ2) is 2.06. The molecule has 1 atom stereocenters. The Balaban J connectivity index is 2.07. The Morgan fingerprint density at radius 2 is 1.50 bits per heavy atom. The Kier molecular flexibility index (Phi) is 1.47. The molecule has 0 spiro atoms. The molecule has 1 nitrogen and oxygen atoms in total. The van der Waals surface area contributed by atoms with Gasteiger partial charge >= 0.3 is 0 Å². The predicted octanol–water partition coefficient (Wildman–Crippen LogP) is 2.44. The minimum Gasteiger partial charge on any atom is -0.393 e. The van der Waals surface area contributed by atoms with Crippen LogP contribution in [0.3, 0.4) is 0 Å². The lowest BCUT2D eigenvalue weighted by Gasteiger charge is -2.10. The molecule has 1 unspecified atom stereocenters. The number of hydrogen-bond acceptors (Lipinski definition) is 1. The van der Waals surface area contributed by atoms with Gasteiger partial charge in [0.15, 0.2) is 0 Å². The normalized spacial score (nSPS) is 34.8. The molecule has 0 amide bonds. The third-order valence-electron chi connectivity index (χ3n) is 4.58. The molecular weight excluding hydrogens is 148 g/mol. The fraction of sp³-hybridized carbons (Fsp3) is 1.00. The summed E-state index contributed by atoms with van der Waals surface area (Å²) in [7, 11) is 0. The molecule has 0 aromatic carbocycles. The first-order valence-corrected chi connectivity index (χ1v) is 5.07. The molecule has 2 saturated carbocycles. The zero-order chi connectivity index (χ0) is 9.15. The summed E-state index contributed by atoms with van der Waals surface area (Å²) in [5, 5.41) is 10.00. The van der Waals surface area contributed by atoms with Crippen molar-refractivity contribution in [3.8, 4) is 0 Å². The summed E-state index contributed by atoms with van der Waals surface area (Å²) in [6.45, 7) is 9.12. The van der Waals surface area contributed by atoms with Gasteiger partial charge in [-0.25, -0.2) is 0 Å². The lowest BCUT2D eigenvalue weighted by molar-refractivity contribution is 0.107. The van der Waals surface area contributed by atoms with Crippen LogP contribution < -0.4 is 0 Å². The van der Waals surface area contributed by atoms with E-state index in [0.29, 0.717) is 22.7 Å². The van der Waals surface area contributed by atoms with Gasteiger partial charge in [0, 0.05) is 0 Å². The van der Waals surface area contributed by atoms with Gasteiger partial charge in [0.1, 0.15) is 0 Å². The highest BCUT2D eigenvalue weighted by atomic mass is 16.3. The fourth-order valence-corrected chi connectivity index (χ4v) is 2.81. The number of hydrogen-bond donors (Lipinski definition) is 1. The maximum Gasteiger partial charge on any atom is 0.0607 e. The number of rotatable bonds is 2. The third-order valence-corrected chi connectivity index (χ3v) is 4.58. The molecule has 0 aliphatic heterocycles. The van der Waals surface area contributed by atoms with Crippen molar-refractivity contribution < 1.29 is 5.11 Å². The van der Waals surface area contributed by atoms with E-state index in [0.717, 1.165) is 0 Å². The Hall–Kier alpha value is -0.0400. The minimum atomic E-state index is -0.0185. The zero-order valence-electron chi connectivity index (χ0n) is 8.59. The number of aliphatic hydroxyl groups excluding tert-OH is 1. The van der Waals surface area contributed by atoms with Crippen molar-refractivity contribution in [3.05, 3.63) is 0 Å². The fourth-order valence-electron chi connectivity index (χ4n) is 2.81. The van der Waals surface area contributed by atoms with Gasteiger partial charge in [-0.1, -0.05) is 27.7 Å². The summed E-state index contributed by atoms with van der Waals surface area (Å²) in [5.74, 6) is 1.17. The van der Waals surface area contributed by atoms with E-state index in [1.807, 2.05) is 0 Å². The Morgan fingerprint density at radius 1 is 1.08 bits per heavy atom. The molecular formula is C11H20O. The molecule has 1 N–H and O–H groups in total. The average molecular weight is 168 g/mol. The summed E-state index contributed by atoms with van der Waals surface area (Å²) in [6.07, 6.45) is 2.49. The maximum atomic E-state index is 10.00. The van der Waals surface area contributed by atoms with Crippen LogP contribution in [0.2, 0.25) is 0 Å². The Bertz CT molecular complexity index is 187. The lowest BCUT2D eigenvalue weighted by atomic mass is 10.0. The van der Waals surface area contributed by atoms with Crippen molar-refractivity contribution in [3.63, 3.8) is 0 Å². The average Bonchev–Trinajstić information content (AvgIpc) is 2.71. The van der Waals surface area contributed by atoms with Crippen LogP contribution >= 0.6 is 0 Å². The van der Waals surface area contributed by atoms with Crippen LogP contribution in [0.4, 0.5) is 0 Å². The van der Waals surface area contributed by atoms with Crippen molar-refractivity contribution in [2.45, 2.75) is 46.6 Å². The standard InChI is InChI=1S/C11H20O/c1-10(2)9(11(10,3)4)8(12)7-5-6-7/h7-9,12H,5-6H2,1-4H3. The smallest absolute Gasteiger partial charge is 0.0607 e. The van der Waals surface area contributed by atoms with E-state index in [1.165, 1.54) is 12.8 Å². The van der Waals surface area contributed by atoms with E-state index in [1.54, 1.807) is 0 Å². The molecule has 0 heterocycles. The van der Waals surface area contributed by atoms with Crippen LogP contribution in [0.15, 0.2) is 0 Å². The molecule has 0 radical (unpaired) electrons. The molecule has 70 valence electrons. The van der Waals surface area contributed by atoms with Gasteiger partial charge in [-0.3, -0.25) is 0 Å². The first-order valence-electron chi connectivity index (χ1n) is 5.07. The van der Waals surface area contributed by atoms with Gasteiger partial charge in [-0.15, -0.1) is 0 Å². The van der Waals surface area contributed by atoms with E-state index in [2.05, 4.69) is 27.7 Å². The van der Waals surface area contributed by atoms with E-state index >= 15 is 0 Å². The summed E-state index contributed by atoms with van der Waals surface area (Å²) in [4.78, 5) is 0. The number of aliphatic hydroxyl groups is 1. The van der Waals surface area contributed by atoms with E-state index in [4.69, 9.17) is 0 Å². The van der Waals surface area contributed by atoms with Crippen LogP contribution in [0.5, 0.6) is 0 Å². The first-order chi connectivity index (χ1) is 5.39. The molecule has 2 aliphatic carbocycles. The molecule has 2 fully saturated rings. The van der Waals surface area contributed by atoms with Crippen LogP contribution in [0, 0.1) is 22.7 Å². The molecule has 2 aliphatic rings. The molecule has 2 rings (SSSR count). The largest absolute Gasteiger partial charge is 0.393 e. The van der Waals surface area contributed by atoms with E-state index in [-0.39, 0.29) is 6.10 Å². The van der Waals surface area contributed by atoms with Crippen molar-refractivity contribution in [2.75, 3.05) is 0 Å². The molecule has 1 heteroatoms. The van der Waals surface area contributed by atoms with Gasteiger partial charge in [-0.2, -0.15) is 0 Å². The predicted molar refractivity (Wildman–Crippen MR) is 49.8 cm³/mol. The van der Waals surface area contributed by atoms with Crippen LogP contribution in [-0.4, -0.2) is 11.2 Å². The van der Waals surface area contributed by atoms with Crippen molar-refractivity contribution in [1.82, 2.24) is 0 Å². The quantitative estimate of drug-likeness (QED) is 0.671. The highest BCUT2D eigenvalue weighted by Gasteiger charge is 2.68.